The molecular weight excluding hydrogens is 514 g/mol. The van der Waals surface area contributed by atoms with Crippen molar-refractivity contribution in [2.75, 3.05) is 7.05 Å². The van der Waals surface area contributed by atoms with E-state index < -0.39 is 11.8 Å². The number of carbonyl (C=O) groups excluding carboxylic acids is 1. The minimum absolute atomic E-state index is 0.0470. The third-order valence-electron chi connectivity index (χ3n) is 4.97. The van der Waals surface area contributed by atoms with Crippen LogP contribution in [0.2, 0.25) is 10.0 Å². The van der Waals surface area contributed by atoms with Crippen LogP contribution < -0.4 is 4.74 Å². The van der Waals surface area contributed by atoms with Crippen LogP contribution in [0.5, 0.6) is 5.75 Å². The van der Waals surface area contributed by atoms with Crippen LogP contribution in [-0.2, 0) is 11.4 Å². The van der Waals surface area contributed by atoms with Gasteiger partial charge in [-0.2, -0.15) is 0 Å². The second-order valence-corrected chi connectivity index (χ2v) is 9.24. The first-order valence-electron chi connectivity index (χ1n) is 10.2. The van der Waals surface area contributed by atoms with Crippen molar-refractivity contribution in [1.29, 1.82) is 0 Å². The Morgan fingerprint density at radius 1 is 1.14 bits per heavy atom. The zero-order valence-corrected chi connectivity index (χ0v) is 20.5. The van der Waals surface area contributed by atoms with Gasteiger partial charge in [-0.1, -0.05) is 47.5 Å². The van der Waals surface area contributed by atoms with Crippen LogP contribution >= 0.6 is 35.0 Å². The van der Waals surface area contributed by atoms with Crippen molar-refractivity contribution < 1.29 is 23.8 Å². The zero-order valence-electron chi connectivity index (χ0n) is 18.2. The number of likely N-dealkylation sites (N-methyl/N-ethyl adjacent to an activating group) is 1. The van der Waals surface area contributed by atoms with E-state index in [9.17, 15) is 14.0 Å². The lowest BCUT2D eigenvalue weighted by atomic mass is 10.2. The average Bonchev–Trinajstić information content (AvgIpc) is 3.07. The van der Waals surface area contributed by atoms with Crippen molar-refractivity contribution in [2.45, 2.75) is 6.61 Å². The first-order chi connectivity index (χ1) is 16.7. The lowest BCUT2D eigenvalue weighted by Gasteiger charge is -2.11. The van der Waals surface area contributed by atoms with Gasteiger partial charge in [0, 0.05) is 12.6 Å². The summed E-state index contributed by atoms with van der Waals surface area (Å²) in [6.07, 6.45) is 1.62. The van der Waals surface area contributed by atoms with Gasteiger partial charge in [0.05, 0.1) is 26.2 Å². The van der Waals surface area contributed by atoms with Crippen LogP contribution in [0.3, 0.4) is 0 Å². The van der Waals surface area contributed by atoms with Gasteiger partial charge < -0.3 is 9.84 Å². The fourth-order valence-electron chi connectivity index (χ4n) is 3.19. The molecule has 0 aromatic heterocycles. The predicted octanol–water partition coefficient (Wildman–Crippen LogP) is 6.64. The summed E-state index contributed by atoms with van der Waals surface area (Å²) in [5.41, 5.74) is 1.44. The molecule has 0 bridgehead atoms. The number of hydrogen-bond acceptors (Lipinski definition) is 5. The van der Waals surface area contributed by atoms with Crippen molar-refractivity contribution in [3.63, 3.8) is 0 Å². The lowest BCUT2D eigenvalue weighted by Crippen LogP contribution is -2.23. The third-order valence-corrected chi connectivity index (χ3v) is 6.59. The van der Waals surface area contributed by atoms with E-state index in [-0.39, 0.29) is 33.9 Å². The molecule has 35 heavy (non-hydrogen) atoms. The number of amidine groups is 1. The van der Waals surface area contributed by atoms with Crippen LogP contribution in [0.4, 0.5) is 10.1 Å². The van der Waals surface area contributed by atoms with Crippen LogP contribution in [0.15, 0.2) is 70.6 Å². The van der Waals surface area contributed by atoms with E-state index in [1.807, 2.05) is 0 Å². The Morgan fingerprint density at radius 3 is 2.54 bits per heavy atom. The Balaban J connectivity index is 1.55. The molecule has 3 aromatic carbocycles. The number of hydrogen-bond donors (Lipinski definition) is 1. The van der Waals surface area contributed by atoms with Crippen LogP contribution in [0, 0.1) is 5.82 Å². The number of carbonyl (C=O) groups is 2. The van der Waals surface area contributed by atoms with Gasteiger partial charge in [-0.05, 0) is 59.8 Å². The molecule has 178 valence electrons. The van der Waals surface area contributed by atoms with Crippen molar-refractivity contribution in [3.05, 3.63) is 98.1 Å². The number of ether oxygens (including phenoxy) is 1. The zero-order chi connectivity index (χ0) is 25.1. The number of halogens is 3. The standard InChI is InChI=1S/C25H17Cl2FN2O4S/c1-30-23(31)21(35-25(30)29-17-7-4-6-15(12-17)24(32)33)11-14-9-18(26)22(19(27)10-14)34-13-16-5-2-3-8-20(16)28/h2-12H,13H2,1H3,(H,32,33). The fourth-order valence-corrected chi connectivity index (χ4v) is 4.79. The Kier molecular flexibility index (Phi) is 7.45. The first-order valence-corrected chi connectivity index (χ1v) is 11.7. The van der Waals surface area contributed by atoms with Gasteiger partial charge in [-0.25, -0.2) is 14.2 Å². The Morgan fingerprint density at radius 2 is 1.86 bits per heavy atom. The maximum absolute atomic E-state index is 13.8. The summed E-state index contributed by atoms with van der Waals surface area (Å²) in [4.78, 5) is 30.1. The number of nitrogens with zero attached hydrogens (tertiary/aromatic N) is 2. The summed E-state index contributed by atoms with van der Waals surface area (Å²) in [6, 6.07) is 15.5. The highest BCUT2D eigenvalue weighted by Gasteiger charge is 2.30. The van der Waals surface area contributed by atoms with E-state index in [4.69, 9.17) is 33.0 Å². The predicted molar refractivity (Wildman–Crippen MR) is 136 cm³/mol. The van der Waals surface area contributed by atoms with E-state index in [0.29, 0.717) is 26.9 Å². The second-order valence-electron chi connectivity index (χ2n) is 7.42. The Bertz CT molecular complexity index is 1370. The highest BCUT2D eigenvalue weighted by Crippen LogP contribution is 2.38. The molecule has 0 unspecified atom stereocenters. The normalized spacial score (nSPS) is 15.8. The smallest absolute Gasteiger partial charge is 0.335 e. The van der Waals surface area contributed by atoms with Crippen molar-refractivity contribution in [1.82, 2.24) is 4.90 Å². The molecule has 1 amide bonds. The molecule has 1 N–H and O–H groups in total. The number of aliphatic imine (C=N–C) groups is 1. The number of rotatable bonds is 6. The number of amides is 1. The van der Waals surface area contributed by atoms with Crippen LogP contribution in [-0.4, -0.2) is 34.1 Å². The van der Waals surface area contributed by atoms with Crippen molar-refractivity contribution in [3.8, 4) is 5.75 Å². The van der Waals surface area contributed by atoms with Gasteiger partial charge in [0.2, 0.25) is 0 Å². The molecular formula is C25H17Cl2FN2O4S. The van der Waals surface area contributed by atoms with Crippen LogP contribution in [0.1, 0.15) is 21.5 Å². The summed E-state index contributed by atoms with van der Waals surface area (Å²) in [7, 11) is 1.58. The second kappa shape index (κ2) is 10.5. The number of carboxylic acids is 1. The number of thioether (sulfide) groups is 1. The molecule has 0 spiro atoms. The van der Waals surface area contributed by atoms with E-state index in [1.54, 1.807) is 55.6 Å². The molecule has 1 fully saturated rings. The van der Waals surface area contributed by atoms with E-state index in [1.165, 1.54) is 23.1 Å². The van der Waals surface area contributed by atoms with Gasteiger partial charge in [0.25, 0.3) is 5.91 Å². The third kappa shape index (κ3) is 5.67. The SMILES string of the molecule is CN1C(=O)C(=Cc2cc(Cl)c(OCc3ccccc3F)c(Cl)c2)SC1=Nc1cccc(C(=O)O)c1. The van der Waals surface area contributed by atoms with E-state index in [2.05, 4.69) is 4.99 Å². The molecule has 0 saturated carbocycles. The first kappa shape index (κ1) is 24.8. The highest BCUT2D eigenvalue weighted by molar-refractivity contribution is 8.18. The quantitative estimate of drug-likeness (QED) is 0.361. The molecule has 4 rings (SSSR count). The van der Waals surface area contributed by atoms with E-state index >= 15 is 0 Å². The van der Waals surface area contributed by atoms with Gasteiger partial charge in [0.15, 0.2) is 10.9 Å². The number of aromatic carboxylic acids is 1. The Labute approximate surface area is 214 Å². The molecule has 0 radical (unpaired) electrons. The molecule has 1 aliphatic heterocycles. The number of benzene rings is 3. The van der Waals surface area contributed by atoms with Crippen LogP contribution in [0.25, 0.3) is 6.08 Å². The highest BCUT2D eigenvalue weighted by atomic mass is 35.5. The molecule has 6 nitrogen and oxygen atoms in total. The van der Waals surface area contributed by atoms with Gasteiger partial charge in [0.1, 0.15) is 12.4 Å². The topological polar surface area (TPSA) is 79.2 Å². The van der Waals surface area contributed by atoms with Crippen molar-refractivity contribution in [2.24, 2.45) is 4.99 Å². The monoisotopic (exact) mass is 530 g/mol. The largest absolute Gasteiger partial charge is 0.486 e. The van der Waals surface area contributed by atoms with Crippen molar-refractivity contribution >= 4 is 63.8 Å². The lowest BCUT2D eigenvalue weighted by molar-refractivity contribution is -0.121. The number of carboxylic acid groups (broad SMARTS) is 1. The molecule has 10 heteroatoms. The maximum atomic E-state index is 13.8. The summed E-state index contributed by atoms with van der Waals surface area (Å²) in [6.45, 7) is -0.0470. The van der Waals surface area contributed by atoms with Gasteiger partial charge >= 0.3 is 5.97 Å². The fraction of sp³-hybridized carbons (Fsp3) is 0.0800. The Hall–Kier alpha value is -3.33. The molecule has 0 atom stereocenters. The summed E-state index contributed by atoms with van der Waals surface area (Å²) in [5.74, 6) is -1.53. The van der Waals surface area contributed by atoms with Gasteiger partial charge in [-0.15, -0.1) is 0 Å². The molecule has 1 heterocycles. The maximum Gasteiger partial charge on any atom is 0.335 e. The molecule has 1 saturated heterocycles. The molecule has 1 aliphatic rings. The average molecular weight is 531 g/mol. The summed E-state index contributed by atoms with van der Waals surface area (Å²) < 4.78 is 19.5. The minimum atomic E-state index is -1.06. The molecule has 3 aromatic rings. The van der Waals surface area contributed by atoms with Gasteiger partial charge in [-0.3, -0.25) is 9.69 Å². The summed E-state index contributed by atoms with van der Waals surface area (Å²) in [5, 5.41) is 9.98. The van der Waals surface area contributed by atoms with E-state index in [0.717, 1.165) is 11.8 Å². The minimum Gasteiger partial charge on any atom is -0.486 e. The summed E-state index contributed by atoms with van der Waals surface area (Å²) >= 11 is 13.9. The molecule has 0 aliphatic carbocycles.